The molecule has 2 saturated carbocycles. The van der Waals surface area contributed by atoms with E-state index in [2.05, 4.69) is 20.8 Å². The van der Waals surface area contributed by atoms with Crippen molar-refractivity contribution in [3.05, 3.63) is 41.5 Å². The van der Waals surface area contributed by atoms with Crippen LogP contribution in [0.3, 0.4) is 0 Å². The van der Waals surface area contributed by atoms with Crippen LogP contribution in [0.1, 0.15) is 39.2 Å². The zero-order valence-corrected chi connectivity index (χ0v) is 11.7. The molecule has 1 aromatic rings. The predicted octanol–water partition coefficient (Wildman–Crippen LogP) is 3.98. The standard InChI is InChI=1S/C17H20O2/c1-16(2)12-9-10-17(16,3)15(19)13(12)14(18)11-7-5-4-6-8-11/h4-8,12,18H,9-10H2,1-3H3/b14-13-/t12-,17+/m1/s1. The Morgan fingerprint density at radius 1 is 1.21 bits per heavy atom. The molecule has 2 bridgehead atoms. The second-order valence-electron chi connectivity index (χ2n) is 6.60. The van der Waals surface area contributed by atoms with Crippen LogP contribution < -0.4 is 0 Å². The van der Waals surface area contributed by atoms with Gasteiger partial charge in [-0.1, -0.05) is 51.1 Å². The fourth-order valence-electron chi connectivity index (χ4n) is 3.89. The number of fused-ring (bicyclic) bond motifs is 2. The predicted molar refractivity (Wildman–Crippen MR) is 75.6 cm³/mol. The third kappa shape index (κ3) is 1.40. The lowest BCUT2D eigenvalue weighted by molar-refractivity contribution is -0.125. The number of aliphatic hydroxyl groups excluding tert-OH is 1. The van der Waals surface area contributed by atoms with E-state index >= 15 is 0 Å². The normalized spacial score (nSPS) is 34.7. The van der Waals surface area contributed by atoms with E-state index in [1.54, 1.807) is 0 Å². The summed E-state index contributed by atoms with van der Waals surface area (Å²) < 4.78 is 0. The minimum atomic E-state index is -0.310. The number of hydrogen-bond donors (Lipinski definition) is 1. The van der Waals surface area contributed by atoms with E-state index in [9.17, 15) is 9.90 Å². The van der Waals surface area contributed by atoms with E-state index in [-0.39, 0.29) is 28.3 Å². The van der Waals surface area contributed by atoms with Crippen LogP contribution in [0.4, 0.5) is 0 Å². The summed E-state index contributed by atoms with van der Waals surface area (Å²) in [5.74, 6) is 0.521. The molecule has 0 radical (unpaired) electrons. The van der Waals surface area contributed by atoms with Crippen LogP contribution in [0.25, 0.3) is 5.76 Å². The molecule has 100 valence electrons. The van der Waals surface area contributed by atoms with Gasteiger partial charge in [0.25, 0.3) is 0 Å². The summed E-state index contributed by atoms with van der Waals surface area (Å²) >= 11 is 0. The van der Waals surface area contributed by atoms with Crippen LogP contribution in [0.15, 0.2) is 35.9 Å². The molecule has 0 aliphatic heterocycles. The number of Topliss-reactive ketones (excluding diaryl/α,β-unsaturated/α-hetero) is 1. The highest BCUT2D eigenvalue weighted by atomic mass is 16.3. The summed E-state index contributed by atoms with van der Waals surface area (Å²) in [6.07, 6.45) is 1.94. The number of carbonyl (C=O) groups is 1. The van der Waals surface area contributed by atoms with Crippen LogP contribution in [0.2, 0.25) is 0 Å². The van der Waals surface area contributed by atoms with E-state index in [0.29, 0.717) is 5.57 Å². The molecule has 0 aromatic heterocycles. The average Bonchev–Trinajstić information content (AvgIpc) is 2.71. The van der Waals surface area contributed by atoms with Crippen molar-refractivity contribution in [1.82, 2.24) is 0 Å². The maximum Gasteiger partial charge on any atom is 0.169 e. The first-order valence-electron chi connectivity index (χ1n) is 6.93. The molecule has 19 heavy (non-hydrogen) atoms. The molecule has 0 unspecified atom stereocenters. The van der Waals surface area contributed by atoms with E-state index < -0.39 is 0 Å². The average molecular weight is 256 g/mol. The smallest absolute Gasteiger partial charge is 0.169 e. The quantitative estimate of drug-likeness (QED) is 0.609. The maximum atomic E-state index is 12.7. The van der Waals surface area contributed by atoms with Crippen LogP contribution in [0.5, 0.6) is 0 Å². The minimum absolute atomic E-state index is 0.0534. The van der Waals surface area contributed by atoms with Gasteiger partial charge in [-0.15, -0.1) is 0 Å². The number of aliphatic hydroxyl groups is 1. The highest BCUT2D eigenvalue weighted by Crippen LogP contribution is 2.66. The Kier molecular flexibility index (Phi) is 2.44. The zero-order valence-electron chi connectivity index (χ0n) is 11.7. The van der Waals surface area contributed by atoms with Crippen molar-refractivity contribution >= 4 is 11.5 Å². The summed E-state index contributed by atoms with van der Waals surface area (Å²) in [6, 6.07) is 9.40. The topological polar surface area (TPSA) is 37.3 Å². The van der Waals surface area contributed by atoms with Crippen molar-refractivity contribution in [2.24, 2.45) is 16.7 Å². The minimum Gasteiger partial charge on any atom is -0.507 e. The lowest BCUT2D eigenvalue weighted by atomic mass is 9.70. The molecular weight excluding hydrogens is 236 g/mol. The summed E-state index contributed by atoms with van der Waals surface area (Å²) in [7, 11) is 0. The highest BCUT2D eigenvalue weighted by Gasteiger charge is 2.64. The molecule has 1 aromatic carbocycles. The van der Waals surface area contributed by atoms with Crippen LogP contribution in [0, 0.1) is 16.7 Å². The Balaban J connectivity index is 2.16. The molecule has 2 heteroatoms. The van der Waals surface area contributed by atoms with Gasteiger partial charge in [-0.25, -0.2) is 0 Å². The summed E-state index contributed by atoms with van der Waals surface area (Å²) in [5, 5.41) is 10.5. The molecule has 2 nitrogen and oxygen atoms in total. The van der Waals surface area contributed by atoms with E-state index in [4.69, 9.17) is 0 Å². The van der Waals surface area contributed by atoms with Crippen molar-refractivity contribution < 1.29 is 9.90 Å². The number of ketones is 1. The van der Waals surface area contributed by atoms with Gasteiger partial charge in [-0.2, -0.15) is 0 Å². The number of benzene rings is 1. The number of rotatable bonds is 1. The number of allylic oxidation sites excluding steroid dienone is 1. The van der Waals surface area contributed by atoms with Crippen molar-refractivity contribution in [2.45, 2.75) is 33.6 Å². The molecule has 2 aliphatic carbocycles. The summed E-state index contributed by atoms with van der Waals surface area (Å²) in [6.45, 7) is 6.38. The van der Waals surface area contributed by atoms with Crippen molar-refractivity contribution in [3.8, 4) is 0 Å². The summed E-state index contributed by atoms with van der Waals surface area (Å²) in [4.78, 5) is 12.7. The Bertz CT molecular complexity index is 568. The first kappa shape index (κ1) is 12.5. The lowest BCUT2D eigenvalue weighted by Crippen LogP contribution is -2.32. The Morgan fingerprint density at radius 2 is 1.84 bits per heavy atom. The van der Waals surface area contributed by atoms with E-state index in [0.717, 1.165) is 18.4 Å². The third-order valence-electron chi connectivity index (χ3n) is 5.62. The number of hydrogen-bond acceptors (Lipinski definition) is 2. The Hall–Kier alpha value is -1.57. The third-order valence-corrected chi connectivity index (χ3v) is 5.62. The molecule has 3 rings (SSSR count). The second-order valence-corrected chi connectivity index (χ2v) is 6.60. The first-order chi connectivity index (χ1) is 8.89. The second kappa shape index (κ2) is 3.72. The highest BCUT2D eigenvalue weighted by molar-refractivity contribution is 6.09. The van der Waals surface area contributed by atoms with Crippen molar-refractivity contribution in [1.29, 1.82) is 0 Å². The fourth-order valence-corrected chi connectivity index (χ4v) is 3.89. The Morgan fingerprint density at radius 3 is 2.37 bits per heavy atom. The van der Waals surface area contributed by atoms with Gasteiger partial charge in [0.15, 0.2) is 5.78 Å². The monoisotopic (exact) mass is 256 g/mol. The molecule has 0 heterocycles. The van der Waals surface area contributed by atoms with E-state index in [1.165, 1.54) is 0 Å². The van der Waals surface area contributed by atoms with Gasteiger partial charge in [0.1, 0.15) is 5.76 Å². The van der Waals surface area contributed by atoms with Crippen molar-refractivity contribution in [3.63, 3.8) is 0 Å². The largest absolute Gasteiger partial charge is 0.507 e. The lowest BCUT2D eigenvalue weighted by Gasteiger charge is -2.31. The SMILES string of the molecule is CC1(C)[C@@H]2CC[C@@]1(C)C(=O)/C2=C(\O)c1ccccc1. The number of carbonyl (C=O) groups excluding carboxylic acids is 1. The maximum absolute atomic E-state index is 12.7. The fraction of sp³-hybridized carbons (Fsp3) is 0.471. The molecule has 0 saturated heterocycles. The van der Waals surface area contributed by atoms with E-state index in [1.807, 2.05) is 30.3 Å². The van der Waals surface area contributed by atoms with Crippen LogP contribution in [-0.2, 0) is 4.79 Å². The van der Waals surface area contributed by atoms with Gasteiger partial charge < -0.3 is 5.11 Å². The van der Waals surface area contributed by atoms with Crippen LogP contribution >= 0.6 is 0 Å². The van der Waals surface area contributed by atoms with Crippen molar-refractivity contribution in [2.75, 3.05) is 0 Å². The molecule has 2 fully saturated rings. The van der Waals surface area contributed by atoms with Gasteiger partial charge in [-0.3, -0.25) is 4.79 Å². The van der Waals surface area contributed by atoms with Crippen LogP contribution in [-0.4, -0.2) is 10.9 Å². The Labute approximate surface area is 114 Å². The van der Waals surface area contributed by atoms with Gasteiger partial charge >= 0.3 is 0 Å². The molecule has 2 aliphatic rings. The zero-order chi connectivity index (χ0) is 13.8. The summed E-state index contributed by atoms with van der Waals surface area (Å²) in [5.41, 5.74) is 1.04. The van der Waals surface area contributed by atoms with Gasteiger partial charge in [0.2, 0.25) is 0 Å². The molecule has 0 spiro atoms. The molecular formula is C17H20O2. The molecule has 1 N–H and O–H groups in total. The molecule has 2 atom stereocenters. The van der Waals surface area contributed by atoms with Gasteiger partial charge in [-0.05, 0) is 24.2 Å². The first-order valence-corrected chi connectivity index (χ1v) is 6.93. The molecule has 0 amide bonds. The van der Waals surface area contributed by atoms with Gasteiger partial charge in [0.05, 0.1) is 0 Å². The van der Waals surface area contributed by atoms with Gasteiger partial charge in [0, 0.05) is 16.6 Å².